The van der Waals surface area contributed by atoms with E-state index in [1.165, 1.54) is 0 Å². The van der Waals surface area contributed by atoms with Crippen LogP contribution in [0, 0.1) is 6.92 Å². The third kappa shape index (κ3) is 3.61. The summed E-state index contributed by atoms with van der Waals surface area (Å²) < 4.78 is 12.5. The largest absolute Gasteiger partial charge is 0.497 e. The minimum Gasteiger partial charge on any atom is -0.497 e. The van der Waals surface area contributed by atoms with Crippen molar-refractivity contribution >= 4 is 16.9 Å². The molecule has 136 valence electrons. The Hall–Kier alpha value is -3.09. The van der Waals surface area contributed by atoms with Crippen molar-refractivity contribution in [2.24, 2.45) is 7.05 Å². The molecule has 0 fully saturated rings. The molecule has 0 radical (unpaired) electrons. The number of nitrogens with zero attached hydrogens (tertiary/aromatic N) is 4. The van der Waals surface area contributed by atoms with E-state index >= 15 is 0 Å². The lowest BCUT2D eigenvalue weighted by Gasteiger charge is -2.17. The maximum Gasteiger partial charge on any atom is 0.255 e. The van der Waals surface area contributed by atoms with Gasteiger partial charge in [-0.3, -0.25) is 9.48 Å². The maximum atomic E-state index is 12.6. The molecule has 1 amide bonds. The van der Waals surface area contributed by atoms with E-state index in [2.05, 4.69) is 10.1 Å². The van der Waals surface area contributed by atoms with Gasteiger partial charge in [-0.1, -0.05) is 0 Å². The summed E-state index contributed by atoms with van der Waals surface area (Å²) >= 11 is 0. The molecule has 1 aromatic carbocycles. The summed E-state index contributed by atoms with van der Waals surface area (Å²) in [5.74, 6) is 1.42. The Labute approximate surface area is 152 Å². The molecule has 2 heterocycles. The average Bonchev–Trinajstić information content (AvgIpc) is 2.95. The van der Waals surface area contributed by atoms with E-state index in [9.17, 15) is 4.79 Å². The van der Waals surface area contributed by atoms with E-state index in [1.54, 1.807) is 29.9 Å². The monoisotopic (exact) mass is 354 g/mol. The van der Waals surface area contributed by atoms with Crippen LogP contribution >= 0.6 is 0 Å². The van der Waals surface area contributed by atoms with Crippen LogP contribution in [0.15, 0.2) is 36.5 Å². The van der Waals surface area contributed by atoms with Crippen LogP contribution in [-0.4, -0.2) is 52.9 Å². The fraction of sp³-hybridized carbons (Fsp3) is 0.316. The van der Waals surface area contributed by atoms with Crippen molar-refractivity contribution in [2.75, 3.05) is 27.3 Å². The van der Waals surface area contributed by atoms with Crippen LogP contribution < -0.4 is 9.47 Å². The second-order valence-electron chi connectivity index (χ2n) is 6.05. The highest BCUT2D eigenvalue weighted by Gasteiger charge is 2.15. The first-order chi connectivity index (χ1) is 12.5. The Kier molecular flexibility index (Phi) is 5.06. The van der Waals surface area contributed by atoms with Gasteiger partial charge in [0.2, 0.25) is 0 Å². The van der Waals surface area contributed by atoms with E-state index in [4.69, 9.17) is 9.47 Å². The van der Waals surface area contributed by atoms with Crippen molar-refractivity contribution in [3.63, 3.8) is 0 Å². The van der Waals surface area contributed by atoms with Crippen molar-refractivity contribution < 1.29 is 14.3 Å². The summed E-state index contributed by atoms with van der Waals surface area (Å²) in [6.45, 7) is 2.77. The van der Waals surface area contributed by atoms with Gasteiger partial charge in [-0.2, -0.15) is 5.10 Å². The molecule has 0 atom stereocenters. The molecule has 0 spiro atoms. The minimum absolute atomic E-state index is 0.0963. The van der Waals surface area contributed by atoms with Crippen molar-refractivity contribution in [3.05, 3.63) is 47.8 Å². The summed E-state index contributed by atoms with van der Waals surface area (Å²) in [5.41, 5.74) is 2.17. The second kappa shape index (κ2) is 7.43. The van der Waals surface area contributed by atoms with Crippen LogP contribution in [0.3, 0.4) is 0 Å². The zero-order valence-corrected chi connectivity index (χ0v) is 15.4. The first-order valence-electron chi connectivity index (χ1n) is 8.31. The number of carbonyl (C=O) groups is 1. The lowest BCUT2D eigenvalue weighted by molar-refractivity contribution is 0.0773. The zero-order chi connectivity index (χ0) is 18.7. The van der Waals surface area contributed by atoms with Gasteiger partial charge in [0, 0.05) is 25.7 Å². The van der Waals surface area contributed by atoms with Crippen LogP contribution in [0.1, 0.15) is 16.1 Å². The van der Waals surface area contributed by atoms with Crippen molar-refractivity contribution in [1.29, 1.82) is 0 Å². The molecular formula is C19H22N4O3. The van der Waals surface area contributed by atoms with Gasteiger partial charge in [-0.05, 0) is 37.3 Å². The lowest BCUT2D eigenvalue weighted by atomic mass is 10.2. The topological polar surface area (TPSA) is 69.5 Å². The van der Waals surface area contributed by atoms with E-state index in [1.807, 2.05) is 44.3 Å². The molecule has 0 aliphatic rings. The molecule has 26 heavy (non-hydrogen) atoms. The van der Waals surface area contributed by atoms with Gasteiger partial charge in [-0.25, -0.2) is 4.98 Å². The highest BCUT2D eigenvalue weighted by molar-refractivity contribution is 5.97. The predicted molar refractivity (Wildman–Crippen MR) is 98.7 cm³/mol. The van der Waals surface area contributed by atoms with Crippen LogP contribution in [-0.2, 0) is 7.05 Å². The SMILES string of the molecule is COc1ccc(OCCN(C)C(=O)c2cnc3c(c2)c(C)nn3C)cc1. The van der Waals surface area contributed by atoms with Gasteiger partial charge < -0.3 is 14.4 Å². The normalized spacial score (nSPS) is 10.8. The van der Waals surface area contributed by atoms with Gasteiger partial charge >= 0.3 is 0 Å². The number of rotatable bonds is 6. The number of hydrogen-bond donors (Lipinski definition) is 0. The zero-order valence-electron chi connectivity index (χ0n) is 15.4. The van der Waals surface area contributed by atoms with Crippen molar-refractivity contribution in [2.45, 2.75) is 6.92 Å². The summed E-state index contributed by atoms with van der Waals surface area (Å²) in [5, 5.41) is 5.22. The number of hydrogen-bond acceptors (Lipinski definition) is 5. The summed E-state index contributed by atoms with van der Waals surface area (Å²) in [4.78, 5) is 18.6. The number of aryl methyl sites for hydroxylation is 2. The third-order valence-electron chi connectivity index (χ3n) is 4.21. The molecule has 7 heteroatoms. The molecule has 0 saturated heterocycles. The van der Waals surface area contributed by atoms with E-state index in [0.29, 0.717) is 18.7 Å². The quantitative estimate of drug-likeness (QED) is 0.680. The lowest BCUT2D eigenvalue weighted by Crippen LogP contribution is -2.31. The number of aromatic nitrogens is 3. The number of amides is 1. The number of fused-ring (bicyclic) bond motifs is 1. The van der Waals surface area contributed by atoms with Crippen LogP contribution in [0.5, 0.6) is 11.5 Å². The Morgan fingerprint density at radius 3 is 2.62 bits per heavy atom. The summed E-state index contributed by atoms with van der Waals surface area (Å²) in [6.07, 6.45) is 1.59. The first kappa shape index (κ1) is 17.7. The molecule has 3 aromatic rings. The molecule has 0 aliphatic carbocycles. The fourth-order valence-corrected chi connectivity index (χ4v) is 2.72. The number of methoxy groups -OCH3 is 1. The Morgan fingerprint density at radius 2 is 1.92 bits per heavy atom. The highest BCUT2D eigenvalue weighted by Crippen LogP contribution is 2.18. The first-order valence-corrected chi connectivity index (χ1v) is 8.31. The van der Waals surface area contributed by atoms with E-state index in [0.717, 1.165) is 28.2 Å². The smallest absolute Gasteiger partial charge is 0.255 e. The van der Waals surface area contributed by atoms with E-state index in [-0.39, 0.29) is 5.91 Å². The van der Waals surface area contributed by atoms with Crippen molar-refractivity contribution in [3.8, 4) is 11.5 Å². The number of ether oxygens (including phenoxy) is 2. The van der Waals surface area contributed by atoms with Crippen LogP contribution in [0.4, 0.5) is 0 Å². The molecule has 0 bridgehead atoms. The number of carbonyl (C=O) groups excluding carboxylic acids is 1. The van der Waals surface area contributed by atoms with Crippen LogP contribution in [0.2, 0.25) is 0 Å². The average molecular weight is 354 g/mol. The van der Waals surface area contributed by atoms with Gasteiger partial charge in [0.25, 0.3) is 5.91 Å². The molecule has 3 rings (SSSR count). The summed E-state index contributed by atoms with van der Waals surface area (Å²) in [7, 11) is 5.21. The highest BCUT2D eigenvalue weighted by atomic mass is 16.5. The van der Waals surface area contributed by atoms with Gasteiger partial charge in [0.15, 0.2) is 5.65 Å². The van der Waals surface area contributed by atoms with Crippen molar-refractivity contribution in [1.82, 2.24) is 19.7 Å². The Bertz CT molecular complexity index is 918. The van der Waals surface area contributed by atoms with Gasteiger partial charge in [0.1, 0.15) is 18.1 Å². The molecule has 0 saturated carbocycles. The molecule has 7 nitrogen and oxygen atoms in total. The predicted octanol–water partition coefficient (Wildman–Crippen LogP) is 2.44. The minimum atomic E-state index is -0.0963. The summed E-state index contributed by atoms with van der Waals surface area (Å²) in [6, 6.07) is 9.18. The molecule has 0 N–H and O–H groups in total. The molecule has 0 aliphatic heterocycles. The number of pyridine rings is 1. The second-order valence-corrected chi connectivity index (χ2v) is 6.05. The maximum absolute atomic E-state index is 12.6. The van der Waals surface area contributed by atoms with Gasteiger partial charge in [0.05, 0.1) is 24.9 Å². The molecular weight excluding hydrogens is 332 g/mol. The standard InChI is InChI=1S/C19H22N4O3/c1-13-17-11-14(12-20-18(17)23(3)21-13)19(24)22(2)9-10-26-16-7-5-15(25-4)6-8-16/h5-8,11-12H,9-10H2,1-4H3. The number of benzene rings is 1. The van der Waals surface area contributed by atoms with Crippen LogP contribution in [0.25, 0.3) is 11.0 Å². The molecule has 0 unspecified atom stereocenters. The fourth-order valence-electron chi connectivity index (χ4n) is 2.72. The third-order valence-corrected chi connectivity index (χ3v) is 4.21. The Balaban J connectivity index is 1.61. The van der Waals surface area contributed by atoms with E-state index < -0.39 is 0 Å². The number of likely N-dealkylation sites (N-methyl/N-ethyl adjacent to an activating group) is 1. The molecule has 2 aromatic heterocycles. The van der Waals surface area contributed by atoms with Gasteiger partial charge in [-0.15, -0.1) is 0 Å². The Morgan fingerprint density at radius 1 is 1.23 bits per heavy atom.